The molecule has 6 nitrogen and oxygen atoms in total. The Bertz CT molecular complexity index is 1020. The fourth-order valence-electron chi connectivity index (χ4n) is 3.66. The maximum absolute atomic E-state index is 12.7. The lowest BCUT2D eigenvalue weighted by atomic mass is 10.1. The number of aryl methyl sites for hydroxylation is 2. The van der Waals surface area contributed by atoms with Crippen LogP contribution in [0.2, 0.25) is 10.0 Å². The number of rotatable bonds is 3. The summed E-state index contributed by atoms with van der Waals surface area (Å²) in [7, 11) is 1.91. The van der Waals surface area contributed by atoms with Crippen LogP contribution >= 0.6 is 23.2 Å². The Hall–Kier alpha value is -2.15. The van der Waals surface area contributed by atoms with E-state index in [1.807, 2.05) is 25.1 Å². The number of aromatic nitrogens is 3. The molecule has 146 valence electrons. The summed E-state index contributed by atoms with van der Waals surface area (Å²) in [4.78, 5) is 21.5. The van der Waals surface area contributed by atoms with Crippen molar-refractivity contribution in [3.05, 3.63) is 57.3 Å². The van der Waals surface area contributed by atoms with E-state index in [4.69, 9.17) is 23.2 Å². The molecule has 0 spiro atoms. The zero-order chi connectivity index (χ0) is 19.8. The summed E-state index contributed by atoms with van der Waals surface area (Å²) >= 11 is 12.1. The number of halogens is 2. The van der Waals surface area contributed by atoms with Crippen molar-refractivity contribution in [3.8, 4) is 0 Å². The van der Waals surface area contributed by atoms with Crippen molar-refractivity contribution < 1.29 is 4.79 Å². The predicted octanol–water partition coefficient (Wildman–Crippen LogP) is 3.54. The molecule has 4 rings (SSSR count). The van der Waals surface area contributed by atoms with E-state index in [0.717, 1.165) is 41.9 Å². The summed E-state index contributed by atoms with van der Waals surface area (Å²) in [5.41, 5.74) is 3.58. The molecule has 1 aliphatic rings. The van der Waals surface area contributed by atoms with Crippen LogP contribution in [-0.4, -0.2) is 56.7 Å². The van der Waals surface area contributed by atoms with Gasteiger partial charge in [-0.2, -0.15) is 5.10 Å². The molecule has 1 amide bonds. The number of carbonyl (C=O) groups is 1. The third kappa shape index (κ3) is 3.85. The molecule has 0 saturated carbocycles. The molecule has 0 radical (unpaired) electrons. The van der Waals surface area contributed by atoms with Gasteiger partial charge in [0.05, 0.1) is 5.69 Å². The van der Waals surface area contributed by atoms with Crippen LogP contribution in [0.5, 0.6) is 0 Å². The lowest BCUT2D eigenvalue weighted by Gasteiger charge is -2.34. The smallest absolute Gasteiger partial charge is 0.254 e. The summed E-state index contributed by atoms with van der Waals surface area (Å²) in [5.74, 6) is -0.0295. The number of hydrogen-bond acceptors (Lipinski definition) is 4. The molecule has 1 aromatic carbocycles. The molecular weight excluding hydrogens is 397 g/mol. The maximum atomic E-state index is 12.7. The Morgan fingerprint density at radius 1 is 1.07 bits per heavy atom. The average Bonchev–Trinajstić information content (AvgIpc) is 2.94. The second-order valence-corrected chi connectivity index (χ2v) is 8.02. The summed E-state index contributed by atoms with van der Waals surface area (Å²) in [6, 6.07) is 7.13. The van der Waals surface area contributed by atoms with Gasteiger partial charge in [-0.1, -0.05) is 23.2 Å². The molecular formula is C20H21Cl2N5O. The van der Waals surface area contributed by atoms with Crippen molar-refractivity contribution in [2.24, 2.45) is 7.05 Å². The number of nitrogens with zero attached hydrogens (tertiary/aromatic N) is 5. The second kappa shape index (κ2) is 7.70. The topological polar surface area (TPSA) is 54.3 Å². The van der Waals surface area contributed by atoms with Crippen LogP contribution in [0, 0.1) is 6.92 Å². The quantitative estimate of drug-likeness (QED) is 0.653. The van der Waals surface area contributed by atoms with Gasteiger partial charge in [0, 0.05) is 67.0 Å². The molecule has 3 aromatic rings. The number of piperazine rings is 1. The first-order valence-corrected chi connectivity index (χ1v) is 9.92. The van der Waals surface area contributed by atoms with Crippen LogP contribution in [0.15, 0.2) is 30.5 Å². The largest absolute Gasteiger partial charge is 0.336 e. The first-order chi connectivity index (χ1) is 13.4. The number of amides is 1. The van der Waals surface area contributed by atoms with Gasteiger partial charge >= 0.3 is 0 Å². The number of hydrogen-bond donors (Lipinski definition) is 0. The van der Waals surface area contributed by atoms with E-state index < -0.39 is 0 Å². The van der Waals surface area contributed by atoms with Crippen molar-refractivity contribution >= 4 is 40.1 Å². The summed E-state index contributed by atoms with van der Waals surface area (Å²) in [5, 5.41) is 6.47. The molecule has 0 aliphatic carbocycles. The van der Waals surface area contributed by atoms with E-state index >= 15 is 0 Å². The molecule has 0 N–H and O–H groups in total. The van der Waals surface area contributed by atoms with Gasteiger partial charge in [0.1, 0.15) is 0 Å². The van der Waals surface area contributed by atoms with Crippen molar-refractivity contribution in [3.63, 3.8) is 0 Å². The third-order valence-corrected chi connectivity index (χ3v) is 5.53. The van der Waals surface area contributed by atoms with Crippen LogP contribution in [0.4, 0.5) is 0 Å². The van der Waals surface area contributed by atoms with E-state index in [1.54, 1.807) is 22.9 Å². The Balaban J connectivity index is 1.40. The van der Waals surface area contributed by atoms with Crippen LogP contribution in [0.25, 0.3) is 11.0 Å². The zero-order valence-corrected chi connectivity index (χ0v) is 17.3. The summed E-state index contributed by atoms with van der Waals surface area (Å²) in [6.07, 6.45) is 1.91. The Morgan fingerprint density at radius 3 is 2.43 bits per heavy atom. The van der Waals surface area contributed by atoms with Gasteiger partial charge in [0.2, 0.25) is 0 Å². The van der Waals surface area contributed by atoms with Gasteiger partial charge < -0.3 is 4.90 Å². The minimum atomic E-state index is -0.0295. The van der Waals surface area contributed by atoms with Crippen LogP contribution in [-0.2, 0) is 13.6 Å². The molecule has 28 heavy (non-hydrogen) atoms. The number of fused-ring (bicyclic) bond motifs is 1. The molecule has 1 aliphatic heterocycles. The lowest BCUT2D eigenvalue weighted by molar-refractivity contribution is 0.0628. The second-order valence-electron chi connectivity index (χ2n) is 7.15. The molecule has 1 fully saturated rings. The standard InChI is InChI=1S/C20H21Cl2N5O/c1-13-18-7-14(11-23-19(18)25(2)24-13)12-26-3-5-27(6-4-26)20(28)15-8-16(21)10-17(22)9-15/h7-11H,3-6,12H2,1-2H3. The molecule has 8 heteroatoms. The minimum absolute atomic E-state index is 0.0295. The van der Waals surface area contributed by atoms with Crippen molar-refractivity contribution in [2.45, 2.75) is 13.5 Å². The highest BCUT2D eigenvalue weighted by Gasteiger charge is 2.23. The molecule has 1 saturated heterocycles. The molecule has 0 atom stereocenters. The van der Waals surface area contributed by atoms with E-state index in [1.165, 1.54) is 0 Å². The van der Waals surface area contributed by atoms with Gasteiger partial charge in [-0.05, 0) is 36.8 Å². The van der Waals surface area contributed by atoms with E-state index in [2.05, 4.69) is 21.0 Å². The van der Waals surface area contributed by atoms with Crippen LogP contribution in [0.3, 0.4) is 0 Å². The highest BCUT2D eigenvalue weighted by atomic mass is 35.5. The molecule has 0 bridgehead atoms. The monoisotopic (exact) mass is 417 g/mol. The Morgan fingerprint density at radius 2 is 1.75 bits per heavy atom. The Kier molecular flexibility index (Phi) is 5.27. The van der Waals surface area contributed by atoms with Crippen molar-refractivity contribution in [1.82, 2.24) is 24.6 Å². The fraction of sp³-hybridized carbons (Fsp3) is 0.350. The number of benzene rings is 1. The number of carbonyl (C=O) groups excluding carboxylic acids is 1. The van der Waals surface area contributed by atoms with Gasteiger partial charge in [-0.3, -0.25) is 14.4 Å². The maximum Gasteiger partial charge on any atom is 0.254 e. The highest BCUT2D eigenvalue weighted by molar-refractivity contribution is 6.35. The van der Waals surface area contributed by atoms with Crippen LogP contribution in [0.1, 0.15) is 21.6 Å². The Labute approximate surface area is 173 Å². The van der Waals surface area contributed by atoms with E-state index in [0.29, 0.717) is 28.7 Å². The first-order valence-electron chi connectivity index (χ1n) is 9.16. The third-order valence-electron chi connectivity index (χ3n) is 5.09. The fourth-order valence-corrected chi connectivity index (χ4v) is 4.19. The van der Waals surface area contributed by atoms with Crippen LogP contribution < -0.4 is 0 Å². The van der Waals surface area contributed by atoms with Crippen molar-refractivity contribution in [1.29, 1.82) is 0 Å². The SMILES string of the molecule is Cc1nn(C)c2ncc(CN3CCN(C(=O)c4cc(Cl)cc(Cl)c4)CC3)cc12. The predicted molar refractivity (Wildman–Crippen MR) is 111 cm³/mol. The molecule has 3 heterocycles. The summed E-state index contributed by atoms with van der Waals surface area (Å²) in [6.45, 7) is 5.77. The van der Waals surface area contributed by atoms with Gasteiger partial charge in [-0.25, -0.2) is 4.98 Å². The van der Waals surface area contributed by atoms with Gasteiger partial charge in [0.15, 0.2) is 5.65 Å². The van der Waals surface area contributed by atoms with Gasteiger partial charge in [-0.15, -0.1) is 0 Å². The van der Waals surface area contributed by atoms with E-state index in [9.17, 15) is 4.79 Å². The summed E-state index contributed by atoms with van der Waals surface area (Å²) < 4.78 is 1.81. The minimum Gasteiger partial charge on any atom is -0.336 e. The zero-order valence-electron chi connectivity index (χ0n) is 15.8. The first kappa shape index (κ1) is 19.2. The normalized spacial score (nSPS) is 15.4. The molecule has 2 aromatic heterocycles. The number of pyridine rings is 1. The molecule has 0 unspecified atom stereocenters. The lowest BCUT2D eigenvalue weighted by Crippen LogP contribution is -2.48. The van der Waals surface area contributed by atoms with E-state index in [-0.39, 0.29) is 5.91 Å². The average molecular weight is 418 g/mol. The highest BCUT2D eigenvalue weighted by Crippen LogP contribution is 2.21. The van der Waals surface area contributed by atoms with Crippen molar-refractivity contribution in [2.75, 3.05) is 26.2 Å². The van der Waals surface area contributed by atoms with Gasteiger partial charge in [0.25, 0.3) is 5.91 Å².